The topological polar surface area (TPSA) is 49.4 Å². The molecule has 35 heavy (non-hydrogen) atoms. The fourth-order valence-electron chi connectivity index (χ4n) is 3.94. The number of halogens is 1. The summed E-state index contributed by atoms with van der Waals surface area (Å²) in [6, 6.07) is 25.2. The first-order valence-electron chi connectivity index (χ1n) is 12.0. The highest BCUT2D eigenvalue weighted by molar-refractivity contribution is 7.99. The van der Waals surface area contributed by atoms with Gasteiger partial charge in [-0.3, -0.25) is 9.59 Å². The van der Waals surface area contributed by atoms with E-state index in [2.05, 4.69) is 11.4 Å². The Morgan fingerprint density at radius 1 is 0.971 bits per heavy atom. The largest absolute Gasteiger partial charge is 0.355 e. The Hall–Kier alpha value is -2.76. The second kappa shape index (κ2) is 14.0. The van der Waals surface area contributed by atoms with Gasteiger partial charge in [0.2, 0.25) is 11.8 Å². The van der Waals surface area contributed by atoms with Crippen LogP contribution in [0.3, 0.4) is 0 Å². The van der Waals surface area contributed by atoms with Gasteiger partial charge in [0.25, 0.3) is 0 Å². The highest BCUT2D eigenvalue weighted by atomic mass is 35.5. The van der Waals surface area contributed by atoms with Crippen LogP contribution in [-0.4, -0.2) is 35.1 Å². The van der Waals surface area contributed by atoms with Crippen molar-refractivity contribution in [1.29, 1.82) is 0 Å². The Morgan fingerprint density at radius 2 is 1.69 bits per heavy atom. The molecular formula is C29H33ClN2O2S. The van der Waals surface area contributed by atoms with Crippen LogP contribution >= 0.6 is 23.4 Å². The van der Waals surface area contributed by atoms with E-state index < -0.39 is 6.04 Å². The van der Waals surface area contributed by atoms with E-state index >= 15 is 0 Å². The molecule has 2 amide bonds. The molecule has 3 rings (SSSR count). The van der Waals surface area contributed by atoms with Gasteiger partial charge >= 0.3 is 0 Å². The average molecular weight is 509 g/mol. The Morgan fingerprint density at radius 3 is 2.37 bits per heavy atom. The average Bonchev–Trinajstić information content (AvgIpc) is 2.86. The van der Waals surface area contributed by atoms with E-state index in [4.69, 9.17) is 11.6 Å². The van der Waals surface area contributed by atoms with E-state index in [0.717, 1.165) is 33.8 Å². The number of thioether (sulfide) groups is 1. The van der Waals surface area contributed by atoms with Crippen molar-refractivity contribution < 1.29 is 9.59 Å². The van der Waals surface area contributed by atoms with E-state index in [1.807, 2.05) is 86.6 Å². The Balaban J connectivity index is 1.76. The first-order chi connectivity index (χ1) is 17.0. The van der Waals surface area contributed by atoms with Crippen LogP contribution in [0.5, 0.6) is 0 Å². The molecule has 0 aromatic heterocycles. The summed E-state index contributed by atoms with van der Waals surface area (Å²) in [4.78, 5) is 29.6. The maximum atomic E-state index is 13.5. The molecule has 0 heterocycles. The molecule has 3 aromatic carbocycles. The van der Waals surface area contributed by atoms with E-state index in [1.165, 1.54) is 0 Å². The van der Waals surface area contributed by atoms with Gasteiger partial charge in [0.15, 0.2) is 0 Å². The molecule has 0 aliphatic heterocycles. The molecule has 0 spiro atoms. The standard InChI is InChI=1S/C29H33ClN2O2S/c1-3-31-29(34)27(20-23-10-5-4-6-11-23)32(21-24-12-7-9-22(2)19-24)28(33)13-8-18-35-26-16-14-25(30)15-17-26/h4-7,9-12,14-17,19,27H,3,8,13,18,20-21H2,1-2H3,(H,31,34). The summed E-state index contributed by atoms with van der Waals surface area (Å²) in [6.45, 7) is 4.86. The minimum Gasteiger partial charge on any atom is -0.355 e. The van der Waals surface area contributed by atoms with Crippen LogP contribution in [0, 0.1) is 6.92 Å². The van der Waals surface area contributed by atoms with Crippen LogP contribution in [0.15, 0.2) is 83.8 Å². The lowest BCUT2D eigenvalue weighted by Gasteiger charge is -2.31. The summed E-state index contributed by atoms with van der Waals surface area (Å²) in [5.74, 6) is 0.694. The SMILES string of the molecule is CCNC(=O)C(Cc1ccccc1)N(Cc1cccc(C)c1)C(=O)CCCSc1ccc(Cl)cc1. The zero-order valence-corrected chi connectivity index (χ0v) is 21.9. The first-order valence-corrected chi connectivity index (χ1v) is 13.4. The van der Waals surface area contributed by atoms with Crippen molar-refractivity contribution in [3.05, 3.63) is 101 Å². The second-order valence-electron chi connectivity index (χ2n) is 8.52. The number of carbonyl (C=O) groups excluding carboxylic acids is 2. The summed E-state index contributed by atoms with van der Waals surface area (Å²) in [5, 5.41) is 3.66. The number of nitrogens with zero attached hydrogens (tertiary/aromatic N) is 1. The number of hydrogen-bond acceptors (Lipinski definition) is 3. The Labute approximate surface area is 218 Å². The molecule has 0 bridgehead atoms. The van der Waals surface area contributed by atoms with Crippen LogP contribution in [0.25, 0.3) is 0 Å². The molecule has 1 N–H and O–H groups in total. The van der Waals surface area contributed by atoms with Gasteiger partial charge < -0.3 is 10.2 Å². The van der Waals surface area contributed by atoms with Gasteiger partial charge in [-0.1, -0.05) is 71.8 Å². The number of amides is 2. The summed E-state index contributed by atoms with van der Waals surface area (Å²) < 4.78 is 0. The molecule has 0 saturated carbocycles. The van der Waals surface area contributed by atoms with Crippen molar-refractivity contribution in [2.45, 2.75) is 50.6 Å². The zero-order chi connectivity index (χ0) is 25.0. The van der Waals surface area contributed by atoms with Crippen molar-refractivity contribution in [2.75, 3.05) is 12.3 Å². The number of benzene rings is 3. The van der Waals surface area contributed by atoms with Crippen LogP contribution in [0.2, 0.25) is 5.02 Å². The van der Waals surface area contributed by atoms with Gasteiger partial charge in [-0.2, -0.15) is 0 Å². The normalized spacial score (nSPS) is 11.6. The Bertz CT molecular complexity index is 1090. The smallest absolute Gasteiger partial charge is 0.243 e. The molecule has 0 radical (unpaired) electrons. The van der Waals surface area contributed by atoms with Crippen LogP contribution < -0.4 is 5.32 Å². The van der Waals surface area contributed by atoms with E-state index in [1.54, 1.807) is 16.7 Å². The van der Waals surface area contributed by atoms with Gasteiger partial charge in [0, 0.05) is 35.8 Å². The number of aryl methyl sites for hydroxylation is 1. The lowest BCUT2D eigenvalue weighted by molar-refractivity contribution is -0.141. The third-order valence-corrected chi connectivity index (χ3v) is 7.03. The molecule has 4 nitrogen and oxygen atoms in total. The Kier molecular flexibility index (Phi) is 10.7. The molecule has 1 unspecified atom stereocenters. The zero-order valence-electron chi connectivity index (χ0n) is 20.4. The van der Waals surface area contributed by atoms with Crippen molar-refractivity contribution in [3.63, 3.8) is 0 Å². The van der Waals surface area contributed by atoms with Crippen LogP contribution in [0.1, 0.15) is 36.5 Å². The quantitative estimate of drug-likeness (QED) is 0.231. The van der Waals surface area contributed by atoms with Crippen molar-refractivity contribution in [3.8, 4) is 0 Å². The molecule has 0 fully saturated rings. The fourth-order valence-corrected chi connectivity index (χ4v) is 4.92. The van der Waals surface area contributed by atoms with E-state index in [0.29, 0.717) is 31.0 Å². The van der Waals surface area contributed by atoms with Crippen molar-refractivity contribution >= 4 is 35.2 Å². The molecule has 0 aliphatic carbocycles. The van der Waals surface area contributed by atoms with E-state index in [-0.39, 0.29) is 11.8 Å². The van der Waals surface area contributed by atoms with E-state index in [9.17, 15) is 9.59 Å². The highest BCUT2D eigenvalue weighted by Crippen LogP contribution is 2.22. The summed E-state index contributed by atoms with van der Waals surface area (Å²) in [6.07, 6.45) is 1.59. The second-order valence-corrected chi connectivity index (χ2v) is 10.1. The predicted molar refractivity (Wildman–Crippen MR) is 146 cm³/mol. The number of carbonyl (C=O) groups is 2. The number of rotatable bonds is 12. The monoisotopic (exact) mass is 508 g/mol. The van der Waals surface area contributed by atoms with Gasteiger partial charge in [0.1, 0.15) is 6.04 Å². The minimum atomic E-state index is -0.575. The molecule has 3 aromatic rings. The molecule has 1 atom stereocenters. The number of nitrogens with one attached hydrogen (secondary N) is 1. The molecule has 0 saturated heterocycles. The van der Waals surface area contributed by atoms with Crippen LogP contribution in [-0.2, 0) is 22.6 Å². The van der Waals surface area contributed by atoms with Gasteiger partial charge in [-0.15, -0.1) is 11.8 Å². The number of likely N-dealkylation sites (N-methyl/N-ethyl adjacent to an activating group) is 1. The molecule has 184 valence electrons. The maximum Gasteiger partial charge on any atom is 0.243 e. The van der Waals surface area contributed by atoms with Gasteiger partial charge in [-0.05, 0) is 61.4 Å². The summed E-state index contributed by atoms with van der Waals surface area (Å²) >= 11 is 7.67. The molecular weight excluding hydrogens is 476 g/mol. The fraction of sp³-hybridized carbons (Fsp3) is 0.310. The highest BCUT2D eigenvalue weighted by Gasteiger charge is 2.29. The lowest BCUT2D eigenvalue weighted by atomic mass is 10.0. The lowest BCUT2D eigenvalue weighted by Crippen LogP contribution is -2.50. The maximum absolute atomic E-state index is 13.5. The number of hydrogen-bond donors (Lipinski definition) is 1. The summed E-state index contributed by atoms with van der Waals surface area (Å²) in [7, 11) is 0. The predicted octanol–water partition coefficient (Wildman–Crippen LogP) is 6.30. The van der Waals surface area contributed by atoms with Gasteiger partial charge in [-0.25, -0.2) is 0 Å². The van der Waals surface area contributed by atoms with Crippen molar-refractivity contribution in [2.24, 2.45) is 0 Å². The first kappa shape index (κ1) is 26.8. The molecule has 0 aliphatic rings. The van der Waals surface area contributed by atoms with Crippen LogP contribution in [0.4, 0.5) is 0 Å². The minimum absolute atomic E-state index is 0.00426. The van der Waals surface area contributed by atoms with Gasteiger partial charge in [0.05, 0.1) is 0 Å². The van der Waals surface area contributed by atoms with Crippen molar-refractivity contribution in [1.82, 2.24) is 10.2 Å². The summed E-state index contributed by atoms with van der Waals surface area (Å²) in [5.41, 5.74) is 3.19. The molecule has 6 heteroatoms. The third-order valence-electron chi connectivity index (χ3n) is 5.67. The third kappa shape index (κ3) is 8.75.